The molecule has 0 bridgehead atoms. The van der Waals surface area contributed by atoms with E-state index in [1.807, 2.05) is 0 Å². The number of nitrogens with zero attached hydrogens (tertiary/aromatic N) is 2. The molecular formula is C8H10F2N2O. The number of rotatable bonds is 2. The van der Waals surface area contributed by atoms with Crippen LogP contribution in [0.15, 0.2) is 12.3 Å². The van der Waals surface area contributed by atoms with Gasteiger partial charge in [0.15, 0.2) is 12.0 Å². The van der Waals surface area contributed by atoms with Crippen LogP contribution in [0, 0.1) is 11.6 Å². The van der Waals surface area contributed by atoms with Gasteiger partial charge in [-0.1, -0.05) is 0 Å². The number of halogens is 2. The van der Waals surface area contributed by atoms with E-state index in [1.165, 1.54) is 4.90 Å². The van der Waals surface area contributed by atoms with Crippen LogP contribution in [0.2, 0.25) is 0 Å². The maximum absolute atomic E-state index is 13.0. The van der Waals surface area contributed by atoms with E-state index in [4.69, 9.17) is 0 Å². The van der Waals surface area contributed by atoms with Gasteiger partial charge in [0.05, 0.1) is 6.20 Å². The van der Waals surface area contributed by atoms with Gasteiger partial charge in [0, 0.05) is 6.07 Å². The predicted octanol–water partition coefficient (Wildman–Crippen LogP) is 0.912. The van der Waals surface area contributed by atoms with Crippen LogP contribution < -0.4 is 0 Å². The Morgan fingerprint density at radius 3 is 2.54 bits per heavy atom. The van der Waals surface area contributed by atoms with E-state index in [-0.39, 0.29) is 5.69 Å². The van der Waals surface area contributed by atoms with Gasteiger partial charge in [-0.3, -0.25) is 9.88 Å². The number of hydrogen-bond donors (Lipinski definition) is 1. The lowest BCUT2D eigenvalue weighted by Gasteiger charge is -2.17. The number of aromatic nitrogens is 1. The second-order valence-electron chi connectivity index (χ2n) is 2.86. The summed E-state index contributed by atoms with van der Waals surface area (Å²) in [4.78, 5) is 4.82. The first kappa shape index (κ1) is 10.0. The summed E-state index contributed by atoms with van der Waals surface area (Å²) in [6, 6.07) is 0.690. The van der Waals surface area contributed by atoms with Crippen LogP contribution in [-0.2, 0) is 0 Å². The molecule has 0 radical (unpaired) electrons. The van der Waals surface area contributed by atoms with Gasteiger partial charge in [-0.25, -0.2) is 8.78 Å². The van der Waals surface area contributed by atoms with Crippen LogP contribution in [0.1, 0.15) is 11.9 Å². The normalized spacial score (nSPS) is 13.4. The van der Waals surface area contributed by atoms with Crippen LogP contribution in [0.3, 0.4) is 0 Å². The number of pyridine rings is 1. The molecule has 1 N–H and O–H groups in total. The summed E-state index contributed by atoms with van der Waals surface area (Å²) in [5, 5.41) is 9.37. The highest BCUT2D eigenvalue weighted by Gasteiger charge is 2.16. The molecule has 0 aliphatic heterocycles. The van der Waals surface area contributed by atoms with Crippen LogP contribution in [0.4, 0.5) is 8.78 Å². The molecule has 1 aromatic rings. The van der Waals surface area contributed by atoms with E-state index in [9.17, 15) is 13.9 Å². The average Bonchev–Trinajstić information content (AvgIpc) is 2.03. The highest BCUT2D eigenvalue weighted by molar-refractivity contribution is 5.10. The van der Waals surface area contributed by atoms with E-state index >= 15 is 0 Å². The molecule has 1 unspecified atom stereocenters. The fourth-order valence-corrected chi connectivity index (χ4v) is 0.860. The quantitative estimate of drug-likeness (QED) is 0.701. The predicted molar refractivity (Wildman–Crippen MR) is 42.8 cm³/mol. The molecule has 1 heterocycles. The maximum Gasteiger partial charge on any atom is 0.153 e. The summed E-state index contributed by atoms with van der Waals surface area (Å²) in [6.45, 7) is 0. The van der Waals surface area contributed by atoms with Crippen LogP contribution in [-0.4, -0.2) is 29.1 Å². The van der Waals surface area contributed by atoms with Crippen LogP contribution >= 0.6 is 0 Å². The Morgan fingerprint density at radius 1 is 1.46 bits per heavy atom. The van der Waals surface area contributed by atoms with Crippen molar-refractivity contribution in [2.24, 2.45) is 0 Å². The van der Waals surface area contributed by atoms with Crippen LogP contribution in [0.25, 0.3) is 0 Å². The van der Waals surface area contributed by atoms with Crippen molar-refractivity contribution >= 4 is 0 Å². The SMILES string of the molecule is CN(C)C(O)c1ncc(F)cc1F. The van der Waals surface area contributed by atoms with Gasteiger partial charge in [-0.05, 0) is 14.1 Å². The highest BCUT2D eigenvalue weighted by atomic mass is 19.1. The molecule has 1 rings (SSSR count). The lowest BCUT2D eigenvalue weighted by Crippen LogP contribution is -2.21. The number of aliphatic hydroxyl groups is 1. The largest absolute Gasteiger partial charge is 0.372 e. The molecule has 13 heavy (non-hydrogen) atoms. The standard InChI is InChI=1S/C8H10F2N2O/c1-12(2)8(13)7-6(10)3-5(9)4-11-7/h3-4,8,13H,1-2H3. The van der Waals surface area contributed by atoms with Gasteiger partial charge >= 0.3 is 0 Å². The Hall–Kier alpha value is -1.07. The lowest BCUT2D eigenvalue weighted by molar-refractivity contribution is 0.0323. The van der Waals surface area contributed by atoms with E-state index in [2.05, 4.69) is 4.98 Å². The van der Waals surface area contributed by atoms with Gasteiger partial charge in [-0.15, -0.1) is 0 Å². The summed E-state index contributed by atoms with van der Waals surface area (Å²) < 4.78 is 25.4. The monoisotopic (exact) mass is 188 g/mol. The van der Waals surface area contributed by atoms with Crippen molar-refractivity contribution in [1.82, 2.24) is 9.88 Å². The van der Waals surface area contributed by atoms with Crippen LogP contribution in [0.5, 0.6) is 0 Å². The highest BCUT2D eigenvalue weighted by Crippen LogP contribution is 2.16. The molecular weight excluding hydrogens is 178 g/mol. The average molecular weight is 188 g/mol. The molecule has 5 heteroatoms. The Morgan fingerprint density at radius 2 is 2.08 bits per heavy atom. The molecule has 0 aliphatic rings. The van der Waals surface area contributed by atoms with Gasteiger partial charge in [0.1, 0.15) is 11.5 Å². The van der Waals surface area contributed by atoms with Gasteiger partial charge in [0.2, 0.25) is 0 Å². The fourth-order valence-electron chi connectivity index (χ4n) is 0.860. The molecule has 0 fully saturated rings. The Labute approximate surface area is 74.6 Å². The third-order valence-electron chi connectivity index (χ3n) is 1.57. The minimum absolute atomic E-state index is 0.175. The van der Waals surface area contributed by atoms with Crippen molar-refractivity contribution < 1.29 is 13.9 Å². The van der Waals surface area contributed by atoms with Crippen molar-refractivity contribution in [1.29, 1.82) is 0 Å². The van der Waals surface area contributed by atoms with Crippen molar-refractivity contribution in [2.45, 2.75) is 6.23 Å². The zero-order chi connectivity index (χ0) is 10.0. The van der Waals surface area contributed by atoms with E-state index in [1.54, 1.807) is 14.1 Å². The first-order chi connectivity index (χ1) is 6.02. The zero-order valence-electron chi connectivity index (χ0n) is 7.33. The molecule has 0 aliphatic carbocycles. The lowest BCUT2D eigenvalue weighted by atomic mass is 10.3. The Bertz CT molecular complexity index is 304. The summed E-state index contributed by atoms with van der Waals surface area (Å²) in [5.41, 5.74) is -0.175. The third kappa shape index (κ3) is 2.19. The molecule has 3 nitrogen and oxygen atoms in total. The smallest absolute Gasteiger partial charge is 0.153 e. The minimum atomic E-state index is -1.15. The van der Waals surface area contributed by atoms with Crippen molar-refractivity contribution in [2.75, 3.05) is 14.1 Å². The second kappa shape index (κ2) is 3.76. The first-order valence-electron chi connectivity index (χ1n) is 3.68. The molecule has 0 spiro atoms. The molecule has 0 saturated carbocycles. The van der Waals surface area contributed by atoms with E-state index in [0.29, 0.717) is 6.07 Å². The first-order valence-corrected chi connectivity index (χ1v) is 3.68. The summed E-state index contributed by atoms with van der Waals surface area (Å²) in [6.07, 6.45) is -0.286. The summed E-state index contributed by atoms with van der Waals surface area (Å²) in [7, 11) is 3.13. The van der Waals surface area contributed by atoms with Crippen molar-refractivity contribution in [3.05, 3.63) is 29.6 Å². The molecule has 1 aromatic heterocycles. The topological polar surface area (TPSA) is 36.4 Å². The Balaban J connectivity index is 3.01. The third-order valence-corrected chi connectivity index (χ3v) is 1.57. The number of aliphatic hydroxyl groups excluding tert-OH is 1. The van der Waals surface area contributed by atoms with E-state index < -0.39 is 17.9 Å². The van der Waals surface area contributed by atoms with Gasteiger partial charge in [-0.2, -0.15) is 0 Å². The van der Waals surface area contributed by atoms with Gasteiger partial charge < -0.3 is 5.11 Å². The summed E-state index contributed by atoms with van der Waals surface area (Å²) in [5.74, 6) is -1.60. The Kier molecular flexibility index (Phi) is 2.90. The molecule has 1 atom stereocenters. The fraction of sp³-hybridized carbons (Fsp3) is 0.375. The molecule has 72 valence electrons. The summed E-state index contributed by atoms with van der Waals surface area (Å²) >= 11 is 0. The molecule has 0 amide bonds. The van der Waals surface area contributed by atoms with E-state index in [0.717, 1.165) is 6.20 Å². The maximum atomic E-state index is 13.0. The zero-order valence-corrected chi connectivity index (χ0v) is 7.33. The number of hydrogen-bond acceptors (Lipinski definition) is 3. The van der Waals surface area contributed by atoms with Crippen molar-refractivity contribution in [3.8, 4) is 0 Å². The van der Waals surface area contributed by atoms with Crippen molar-refractivity contribution in [3.63, 3.8) is 0 Å². The molecule has 0 aromatic carbocycles. The minimum Gasteiger partial charge on any atom is -0.372 e. The van der Waals surface area contributed by atoms with Gasteiger partial charge in [0.25, 0.3) is 0 Å². The second-order valence-corrected chi connectivity index (χ2v) is 2.86. The molecule has 0 saturated heterocycles.